The SMILES string of the molecule is CN1CC[C@H](Sc2ccc(Cl)cc2)[C@H](C#N)C1. The zero-order valence-corrected chi connectivity index (χ0v) is 11.3. The summed E-state index contributed by atoms with van der Waals surface area (Å²) in [4.78, 5) is 3.43. The van der Waals surface area contributed by atoms with Crippen molar-refractivity contribution in [2.45, 2.75) is 16.6 Å². The van der Waals surface area contributed by atoms with Crippen LogP contribution in [0.3, 0.4) is 0 Å². The van der Waals surface area contributed by atoms with Crippen molar-refractivity contribution in [2.75, 3.05) is 20.1 Å². The Morgan fingerprint density at radius 3 is 2.76 bits per heavy atom. The van der Waals surface area contributed by atoms with Gasteiger partial charge in [-0.25, -0.2) is 0 Å². The van der Waals surface area contributed by atoms with Crippen LogP contribution in [0.4, 0.5) is 0 Å². The van der Waals surface area contributed by atoms with Crippen LogP contribution in [0.5, 0.6) is 0 Å². The third-order valence-corrected chi connectivity index (χ3v) is 4.68. The van der Waals surface area contributed by atoms with Gasteiger partial charge in [0.15, 0.2) is 0 Å². The summed E-state index contributed by atoms with van der Waals surface area (Å²) in [6, 6.07) is 10.3. The van der Waals surface area contributed by atoms with Crippen LogP contribution in [0.1, 0.15) is 6.42 Å². The molecule has 0 amide bonds. The first-order valence-electron chi connectivity index (χ1n) is 5.69. The molecule has 1 aromatic carbocycles. The van der Waals surface area contributed by atoms with E-state index in [0.29, 0.717) is 5.25 Å². The number of benzene rings is 1. The van der Waals surface area contributed by atoms with E-state index in [1.165, 1.54) is 4.90 Å². The Balaban J connectivity index is 2.02. The number of piperidine rings is 1. The van der Waals surface area contributed by atoms with Crippen molar-refractivity contribution in [3.8, 4) is 6.07 Å². The van der Waals surface area contributed by atoms with E-state index in [1.807, 2.05) is 24.3 Å². The third kappa shape index (κ3) is 3.38. The molecule has 4 heteroatoms. The summed E-state index contributed by atoms with van der Waals surface area (Å²) < 4.78 is 0. The molecule has 1 aromatic rings. The van der Waals surface area contributed by atoms with Gasteiger partial charge in [-0.1, -0.05) is 11.6 Å². The van der Waals surface area contributed by atoms with Crippen LogP contribution in [-0.4, -0.2) is 30.3 Å². The monoisotopic (exact) mass is 266 g/mol. The molecule has 0 aromatic heterocycles. The van der Waals surface area contributed by atoms with Crippen LogP contribution >= 0.6 is 23.4 Å². The minimum Gasteiger partial charge on any atom is -0.305 e. The van der Waals surface area contributed by atoms with Gasteiger partial charge in [0.05, 0.1) is 12.0 Å². The van der Waals surface area contributed by atoms with Gasteiger partial charge in [0.25, 0.3) is 0 Å². The molecular formula is C13H15ClN2S. The number of rotatable bonds is 2. The molecule has 0 saturated carbocycles. The van der Waals surface area contributed by atoms with Gasteiger partial charge in [-0.2, -0.15) is 5.26 Å². The van der Waals surface area contributed by atoms with Crippen LogP contribution in [-0.2, 0) is 0 Å². The molecule has 0 spiro atoms. The lowest BCUT2D eigenvalue weighted by Crippen LogP contribution is -2.38. The summed E-state index contributed by atoms with van der Waals surface area (Å²) in [5.74, 6) is 0.120. The first-order valence-corrected chi connectivity index (χ1v) is 6.95. The van der Waals surface area contributed by atoms with E-state index in [2.05, 4.69) is 18.0 Å². The van der Waals surface area contributed by atoms with Gasteiger partial charge < -0.3 is 4.90 Å². The smallest absolute Gasteiger partial charge is 0.0712 e. The summed E-state index contributed by atoms with van der Waals surface area (Å²) in [6.07, 6.45) is 1.07. The molecule has 0 N–H and O–H groups in total. The molecule has 0 aliphatic carbocycles. The predicted octanol–water partition coefficient (Wildman–Crippen LogP) is 3.28. The van der Waals surface area contributed by atoms with Crippen molar-refractivity contribution in [3.05, 3.63) is 29.3 Å². The highest BCUT2D eigenvalue weighted by Gasteiger charge is 2.28. The van der Waals surface area contributed by atoms with E-state index in [-0.39, 0.29) is 5.92 Å². The number of halogens is 1. The second-order valence-corrected chi connectivity index (χ2v) is 6.15. The van der Waals surface area contributed by atoms with Crippen LogP contribution in [0.25, 0.3) is 0 Å². The Kier molecular flexibility index (Phi) is 4.33. The summed E-state index contributed by atoms with van der Waals surface area (Å²) in [6.45, 7) is 1.95. The zero-order chi connectivity index (χ0) is 12.3. The lowest BCUT2D eigenvalue weighted by atomic mass is 10.00. The molecule has 1 saturated heterocycles. The Hall–Kier alpha value is -0.690. The molecule has 0 unspecified atom stereocenters. The molecular weight excluding hydrogens is 252 g/mol. The highest BCUT2D eigenvalue weighted by Crippen LogP contribution is 2.33. The van der Waals surface area contributed by atoms with Gasteiger partial charge in [0.1, 0.15) is 0 Å². The molecule has 2 nitrogen and oxygen atoms in total. The number of hydrogen-bond donors (Lipinski definition) is 0. The van der Waals surface area contributed by atoms with Gasteiger partial charge in [-0.15, -0.1) is 11.8 Å². The second-order valence-electron chi connectivity index (χ2n) is 4.40. The average Bonchev–Trinajstić information content (AvgIpc) is 2.34. The van der Waals surface area contributed by atoms with Crippen molar-refractivity contribution in [2.24, 2.45) is 5.92 Å². The first-order chi connectivity index (χ1) is 8.19. The number of nitriles is 1. The molecule has 2 rings (SSSR count). The zero-order valence-electron chi connectivity index (χ0n) is 9.77. The topological polar surface area (TPSA) is 27.0 Å². The lowest BCUT2D eigenvalue weighted by Gasteiger charge is -2.32. The van der Waals surface area contributed by atoms with Crippen molar-refractivity contribution >= 4 is 23.4 Å². The van der Waals surface area contributed by atoms with E-state index in [4.69, 9.17) is 11.6 Å². The summed E-state index contributed by atoms with van der Waals surface area (Å²) >= 11 is 7.66. The van der Waals surface area contributed by atoms with Crippen LogP contribution in [0.15, 0.2) is 29.2 Å². The maximum absolute atomic E-state index is 9.19. The van der Waals surface area contributed by atoms with E-state index in [9.17, 15) is 5.26 Å². The minimum atomic E-state index is 0.120. The van der Waals surface area contributed by atoms with Crippen LogP contribution in [0, 0.1) is 17.2 Å². The molecule has 1 aliphatic heterocycles. The number of nitrogens with zero attached hydrogens (tertiary/aromatic N) is 2. The molecule has 1 heterocycles. The molecule has 0 radical (unpaired) electrons. The van der Waals surface area contributed by atoms with Crippen molar-refractivity contribution in [3.63, 3.8) is 0 Å². The number of likely N-dealkylation sites (tertiary alicyclic amines) is 1. The third-order valence-electron chi connectivity index (χ3n) is 3.02. The molecule has 17 heavy (non-hydrogen) atoms. The Bertz CT molecular complexity index is 412. The van der Waals surface area contributed by atoms with Crippen LogP contribution < -0.4 is 0 Å². The molecule has 1 fully saturated rings. The number of hydrogen-bond acceptors (Lipinski definition) is 3. The lowest BCUT2D eigenvalue weighted by molar-refractivity contribution is 0.247. The maximum atomic E-state index is 9.19. The van der Waals surface area contributed by atoms with Crippen LogP contribution in [0.2, 0.25) is 5.02 Å². The maximum Gasteiger partial charge on any atom is 0.0712 e. The van der Waals surface area contributed by atoms with Gasteiger partial charge in [-0.3, -0.25) is 0 Å². The second kappa shape index (κ2) is 5.77. The van der Waals surface area contributed by atoms with Gasteiger partial charge in [-0.05, 0) is 44.3 Å². The minimum absolute atomic E-state index is 0.120. The Labute approximate surface area is 112 Å². The normalized spacial score (nSPS) is 25.5. The van der Waals surface area contributed by atoms with Crippen molar-refractivity contribution in [1.82, 2.24) is 4.90 Å². The summed E-state index contributed by atoms with van der Waals surface area (Å²) in [5, 5.41) is 10.3. The predicted molar refractivity (Wildman–Crippen MR) is 72.3 cm³/mol. The summed E-state index contributed by atoms with van der Waals surface area (Å²) in [5.41, 5.74) is 0. The quantitative estimate of drug-likeness (QED) is 0.822. The largest absolute Gasteiger partial charge is 0.305 e. The van der Waals surface area contributed by atoms with E-state index in [1.54, 1.807) is 11.8 Å². The van der Waals surface area contributed by atoms with Gasteiger partial charge in [0.2, 0.25) is 0 Å². The fourth-order valence-corrected chi connectivity index (χ4v) is 3.35. The number of thioether (sulfide) groups is 1. The van der Waals surface area contributed by atoms with Gasteiger partial charge >= 0.3 is 0 Å². The Morgan fingerprint density at radius 1 is 1.41 bits per heavy atom. The van der Waals surface area contributed by atoms with E-state index in [0.717, 1.165) is 24.5 Å². The fraction of sp³-hybridized carbons (Fsp3) is 0.462. The Morgan fingerprint density at radius 2 is 2.12 bits per heavy atom. The van der Waals surface area contributed by atoms with Crippen molar-refractivity contribution in [1.29, 1.82) is 5.26 Å². The highest BCUT2D eigenvalue weighted by molar-refractivity contribution is 8.00. The fourth-order valence-electron chi connectivity index (χ4n) is 2.05. The van der Waals surface area contributed by atoms with E-state index >= 15 is 0 Å². The highest BCUT2D eigenvalue weighted by atomic mass is 35.5. The standard InChI is InChI=1S/C13H15ClN2S/c1-16-7-6-13(10(8-15)9-16)17-12-4-2-11(14)3-5-12/h2-5,10,13H,6-7,9H2,1H3/t10-,13+/m1/s1. The molecule has 2 atom stereocenters. The molecule has 1 aliphatic rings. The molecule has 90 valence electrons. The van der Waals surface area contributed by atoms with E-state index < -0.39 is 0 Å². The first kappa shape index (κ1) is 12.8. The molecule has 0 bridgehead atoms. The van der Waals surface area contributed by atoms with Gasteiger partial charge in [0, 0.05) is 21.7 Å². The summed E-state index contributed by atoms with van der Waals surface area (Å²) in [7, 11) is 2.08. The average molecular weight is 267 g/mol. The van der Waals surface area contributed by atoms with Crippen molar-refractivity contribution < 1.29 is 0 Å².